The molecule has 0 aliphatic rings. The molecule has 0 N–H and O–H groups in total. The predicted molar refractivity (Wildman–Crippen MR) is 305 cm³/mol. The molecule has 352 valence electrons. The number of hydrogen-bond donors (Lipinski definition) is 0. The second-order valence-corrected chi connectivity index (χ2v) is 25.0. The fourth-order valence-corrected chi connectivity index (χ4v) is 15.9. The molecular formula is C66H54N6Si. The van der Waals surface area contributed by atoms with E-state index in [1.54, 1.807) is 0 Å². The van der Waals surface area contributed by atoms with E-state index in [0.717, 1.165) is 60.4 Å². The molecule has 3 aromatic heterocycles. The van der Waals surface area contributed by atoms with Gasteiger partial charge in [0, 0.05) is 38.4 Å². The molecule has 9 aromatic carbocycles. The summed E-state index contributed by atoms with van der Waals surface area (Å²) in [4.78, 5) is 16.4. The van der Waals surface area contributed by atoms with Gasteiger partial charge in [-0.25, -0.2) is 4.98 Å². The molecule has 0 spiro atoms. The molecule has 0 unspecified atom stereocenters. The first-order chi connectivity index (χ1) is 35.4. The van der Waals surface area contributed by atoms with E-state index in [1.165, 1.54) is 31.9 Å². The molecule has 3 heterocycles. The summed E-state index contributed by atoms with van der Waals surface area (Å²) in [6.07, 6.45) is 0. The summed E-state index contributed by atoms with van der Waals surface area (Å²) in [5.41, 5.74) is 9.77. The third-order valence-corrected chi connectivity index (χ3v) is 19.4. The van der Waals surface area contributed by atoms with Crippen molar-refractivity contribution < 1.29 is 0 Å². The maximum atomic E-state index is 9.93. The minimum atomic E-state index is -2.89. The van der Waals surface area contributed by atoms with Gasteiger partial charge in [-0.1, -0.05) is 211 Å². The monoisotopic (exact) mass is 958 g/mol. The smallest absolute Gasteiger partial charge is 0.238 e. The highest BCUT2D eigenvalue weighted by Gasteiger charge is 2.41. The minimum absolute atomic E-state index is 0.130. The normalized spacial score (nSPS) is 12.2. The summed E-state index contributed by atoms with van der Waals surface area (Å²) < 4.78 is 4.63. The van der Waals surface area contributed by atoms with E-state index in [4.69, 9.17) is 15.0 Å². The molecule has 12 aromatic rings. The van der Waals surface area contributed by atoms with Crippen LogP contribution in [0.3, 0.4) is 0 Å². The largest absolute Gasteiger partial charge is 0.309 e. The molecule has 0 aliphatic heterocycles. The summed E-state index contributed by atoms with van der Waals surface area (Å²) in [5.74, 6) is 1.75. The second-order valence-electron chi connectivity index (χ2n) is 21.2. The SMILES string of the molecule is CC(C)(C)c1cc(C(C)(C)C)c2c(c1)c1cc(-n3c4ccccc4c4cc(C#N)ccc43)ccc1n2-c1nc(-c2ccccc2)nc(-c2cccc([Si](c3ccccc3)(c3ccccc3)c3ccccc3)c2)n1. The van der Waals surface area contributed by atoms with Crippen LogP contribution < -0.4 is 20.7 Å². The Balaban J connectivity index is 1.16. The third kappa shape index (κ3) is 7.65. The minimum Gasteiger partial charge on any atom is -0.309 e. The van der Waals surface area contributed by atoms with Crippen molar-refractivity contribution in [3.8, 4) is 40.5 Å². The number of hydrogen-bond acceptors (Lipinski definition) is 4. The van der Waals surface area contributed by atoms with Gasteiger partial charge in [-0.3, -0.25) is 4.57 Å². The molecule has 0 amide bonds. The van der Waals surface area contributed by atoms with E-state index in [-0.39, 0.29) is 10.8 Å². The Kier molecular flexibility index (Phi) is 10.9. The van der Waals surface area contributed by atoms with Crippen molar-refractivity contribution in [1.29, 1.82) is 5.26 Å². The lowest BCUT2D eigenvalue weighted by Gasteiger charge is -2.34. The first kappa shape index (κ1) is 45.4. The first-order valence-corrected chi connectivity index (χ1v) is 27.1. The molecule has 0 radical (unpaired) electrons. The number of para-hydroxylation sites is 1. The average molecular weight is 959 g/mol. The zero-order chi connectivity index (χ0) is 50.1. The van der Waals surface area contributed by atoms with Crippen molar-refractivity contribution in [2.24, 2.45) is 0 Å². The Hall–Kier alpha value is -8.70. The van der Waals surface area contributed by atoms with Gasteiger partial charge in [-0.2, -0.15) is 15.2 Å². The van der Waals surface area contributed by atoms with Gasteiger partial charge in [-0.15, -0.1) is 0 Å². The van der Waals surface area contributed by atoms with E-state index < -0.39 is 8.07 Å². The topological polar surface area (TPSA) is 72.3 Å². The number of fused-ring (bicyclic) bond motifs is 6. The van der Waals surface area contributed by atoms with E-state index in [1.807, 2.05) is 30.3 Å². The zero-order valence-corrected chi connectivity index (χ0v) is 43.0. The lowest BCUT2D eigenvalue weighted by Crippen LogP contribution is -2.74. The fraction of sp³-hybridized carbons (Fsp3) is 0.121. The van der Waals surface area contributed by atoms with Gasteiger partial charge >= 0.3 is 0 Å². The molecule has 0 bridgehead atoms. The van der Waals surface area contributed by atoms with Crippen molar-refractivity contribution in [2.75, 3.05) is 0 Å². The van der Waals surface area contributed by atoms with Crippen molar-refractivity contribution in [3.63, 3.8) is 0 Å². The maximum Gasteiger partial charge on any atom is 0.238 e. The van der Waals surface area contributed by atoms with E-state index in [2.05, 4.69) is 245 Å². The lowest BCUT2D eigenvalue weighted by molar-refractivity contribution is 0.572. The summed E-state index contributed by atoms with van der Waals surface area (Å²) in [6, 6.07) is 80.7. The van der Waals surface area contributed by atoms with Crippen LogP contribution in [0, 0.1) is 11.3 Å². The van der Waals surface area contributed by atoms with Crippen LogP contribution in [0.1, 0.15) is 58.2 Å². The first-order valence-electron chi connectivity index (χ1n) is 25.1. The van der Waals surface area contributed by atoms with E-state index >= 15 is 0 Å². The van der Waals surface area contributed by atoms with Gasteiger partial charge < -0.3 is 4.57 Å². The summed E-state index contributed by atoms with van der Waals surface area (Å²) in [5, 5.41) is 19.5. The predicted octanol–water partition coefficient (Wildman–Crippen LogP) is 13.2. The van der Waals surface area contributed by atoms with Gasteiger partial charge in [0.05, 0.1) is 33.7 Å². The fourth-order valence-electron chi connectivity index (χ4n) is 11.1. The van der Waals surface area contributed by atoms with Crippen molar-refractivity contribution in [2.45, 2.75) is 52.4 Å². The number of nitrogens with zero attached hydrogens (tertiary/aromatic N) is 6. The Morgan fingerprint density at radius 2 is 0.932 bits per heavy atom. The van der Waals surface area contributed by atoms with Crippen molar-refractivity contribution in [3.05, 3.63) is 235 Å². The van der Waals surface area contributed by atoms with Crippen LogP contribution >= 0.6 is 0 Å². The van der Waals surface area contributed by atoms with Gasteiger partial charge in [0.1, 0.15) is 0 Å². The third-order valence-electron chi connectivity index (χ3n) is 14.6. The second kappa shape index (κ2) is 17.6. The van der Waals surface area contributed by atoms with Crippen molar-refractivity contribution in [1.82, 2.24) is 24.1 Å². The van der Waals surface area contributed by atoms with Crippen LogP contribution in [0.25, 0.3) is 78.0 Å². The summed E-state index contributed by atoms with van der Waals surface area (Å²) >= 11 is 0. The van der Waals surface area contributed by atoms with Crippen molar-refractivity contribution >= 4 is 72.4 Å². The van der Waals surface area contributed by atoms with E-state index in [9.17, 15) is 5.26 Å². The molecule has 12 rings (SSSR count). The lowest BCUT2D eigenvalue weighted by atomic mass is 9.79. The Labute approximate surface area is 427 Å². The highest BCUT2D eigenvalue weighted by molar-refractivity contribution is 7.19. The van der Waals surface area contributed by atoms with Crippen LogP contribution in [0.2, 0.25) is 0 Å². The molecule has 0 saturated heterocycles. The zero-order valence-electron chi connectivity index (χ0n) is 42.0. The van der Waals surface area contributed by atoms with Gasteiger partial charge in [0.2, 0.25) is 5.95 Å². The Morgan fingerprint density at radius 3 is 1.55 bits per heavy atom. The van der Waals surface area contributed by atoms with Gasteiger partial charge in [-0.05, 0) is 91.2 Å². The molecule has 0 atom stereocenters. The highest BCUT2D eigenvalue weighted by Crippen LogP contribution is 2.43. The van der Waals surface area contributed by atoms with Crippen LogP contribution in [0.15, 0.2) is 218 Å². The Bertz CT molecular complexity index is 4000. The van der Waals surface area contributed by atoms with Gasteiger partial charge in [0.15, 0.2) is 19.7 Å². The number of benzene rings is 9. The molecular weight excluding hydrogens is 905 g/mol. The molecule has 7 heteroatoms. The van der Waals surface area contributed by atoms with Gasteiger partial charge in [0.25, 0.3) is 0 Å². The Morgan fingerprint density at radius 1 is 0.411 bits per heavy atom. The number of nitriles is 1. The van der Waals surface area contributed by atoms with Crippen LogP contribution in [-0.4, -0.2) is 32.2 Å². The van der Waals surface area contributed by atoms with E-state index in [0.29, 0.717) is 23.2 Å². The van der Waals surface area contributed by atoms with Crippen LogP contribution in [0.5, 0.6) is 0 Å². The van der Waals surface area contributed by atoms with Crippen LogP contribution in [0.4, 0.5) is 0 Å². The summed E-state index contributed by atoms with van der Waals surface area (Å²) in [6.45, 7) is 13.8. The molecule has 73 heavy (non-hydrogen) atoms. The number of rotatable bonds is 8. The molecule has 0 saturated carbocycles. The maximum absolute atomic E-state index is 9.93. The molecule has 0 aliphatic carbocycles. The molecule has 6 nitrogen and oxygen atoms in total. The molecule has 0 fully saturated rings. The van der Waals surface area contributed by atoms with Crippen LogP contribution in [-0.2, 0) is 10.8 Å². The average Bonchev–Trinajstić information content (AvgIpc) is 3.94. The standard InChI is InChI=1S/C66H54N6Si/c1-65(2,3)47-40-56-55-42-48(71-58-33-20-19-32-53(58)54-38-44(43-67)34-36-59(54)71)35-37-60(55)72(61(56)57(41-47)66(4,5)6)64-69-62(45-22-11-7-12-23-45)68-63(70-64)46-24-21-31-52(39-46)73(49-25-13-8-14-26-49,50-27-15-9-16-28-50)51-29-17-10-18-30-51/h7-42H,1-6H3. The highest BCUT2D eigenvalue weighted by atomic mass is 28.3. The number of aromatic nitrogens is 5. The summed E-state index contributed by atoms with van der Waals surface area (Å²) in [7, 11) is -2.89. The quantitative estimate of drug-likeness (QED) is 0.112.